The molecule has 0 N–H and O–H groups in total. The van der Waals surface area contributed by atoms with E-state index >= 15 is 0 Å². The minimum absolute atomic E-state index is 0.0442. The highest BCUT2D eigenvalue weighted by Gasteiger charge is 2.46. The van der Waals surface area contributed by atoms with Crippen molar-refractivity contribution in [1.82, 2.24) is 0 Å². The van der Waals surface area contributed by atoms with Crippen molar-refractivity contribution in [2.75, 3.05) is 6.61 Å². The van der Waals surface area contributed by atoms with Gasteiger partial charge in [0.1, 0.15) is 11.3 Å². The number of benzene rings is 4. The van der Waals surface area contributed by atoms with Crippen molar-refractivity contribution < 1.29 is 19.1 Å². The van der Waals surface area contributed by atoms with Gasteiger partial charge in [0.15, 0.2) is 5.78 Å². The molecule has 0 saturated carbocycles. The molecule has 1 unspecified atom stereocenters. The predicted molar refractivity (Wildman–Crippen MR) is 182 cm³/mol. The molecule has 4 aromatic carbocycles. The highest BCUT2D eigenvalue weighted by atomic mass is 35.5. The molecule has 0 aromatic heterocycles. The minimum Gasteiger partial charge on any atom is -0.462 e. The lowest BCUT2D eigenvalue weighted by atomic mass is 9.70. The van der Waals surface area contributed by atoms with Crippen LogP contribution < -0.4 is 15.9 Å². The van der Waals surface area contributed by atoms with E-state index in [4.69, 9.17) is 25.8 Å². The first kappa shape index (κ1) is 30.8. The summed E-state index contributed by atoms with van der Waals surface area (Å²) < 4.78 is 18.1. The van der Waals surface area contributed by atoms with Crippen LogP contribution in [0.5, 0.6) is 0 Å². The fraction of sp³-hybridized carbons (Fsp3) is 0.211. The second-order valence-corrected chi connectivity index (χ2v) is 15.5. The zero-order chi connectivity index (χ0) is 31.6. The topological polar surface area (TPSA) is 65.0 Å². The number of carbonyl (C=O) groups is 2. The van der Waals surface area contributed by atoms with Crippen LogP contribution in [0.4, 0.5) is 0 Å². The van der Waals surface area contributed by atoms with E-state index in [9.17, 15) is 9.59 Å². The van der Waals surface area contributed by atoms with Gasteiger partial charge in [-0.3, -0.25) is 4.79 Å². The zero-order valence-electron chi connectivity index (χ0n) is 25.6. The summed E-state index contributed by atoms with van der Waals surface area (Å²) >= 11 is 6.30. The van der Waals surface area contributed by atoms with E-state index in [1.807, 2.05) is 66.7 Å². The number of carbonyl (C=O) groups excluding carboxylic acids is 2. The van der Waals surface area contributed by atoms with Crippen LogP contribution in [0, 0.1) is 5.41 Å². The SMILES string of the molecule is CCOC(=O)C1=C(N=P(c2ccccc2)(c2ccccc2)c2ccccc2)OC2=C(C(=O)CC(C)(C)C2)C1c1ccc(Cl)cc1. The summed E-state index contributed by atoms with van der Waals surface area (Å²) in [5, 5.41) is 3.57. The Balaban J connectivity index is 1.75. The van der Waals surface area contributed by atoms with Crippen LogP contribution in [0.3, 0.4) is 0 Å². The first-order valence-corrected chi connectivity index (χ1v) is 17.3. The van der Waals surface area contributed by atoms with E-state index in [1.54, 1.807) is 19.1 Å². The van der Waals surface area contributed by atoms with Crippen LogP contribution >= 0.6 is 18.7 Å². The molecule has 7 heteroatoms. The largest absolute Gasteiger partial charge is 0.462 e. The highest BCUT2D eigenvalue weighted by molar-refractivity contribution is 7.87. The Hall–Kier alpha value is -4.18. The van der Waals surface area contributed by atoms with Gasteiger partial charge in [-0.25, -0.2) is 9.54 Å². The quantitative estimate of drug-likeness (QED) is 0.152. The molecule has 4 aromatic rings. The minimum atomic E-state index is -2.83. The van der Waals surface area contributed by atoms with E-state index in [1.165, 1.54) is 0 Å². The molecule has 1 atom stereocenters. The number of esters is 1. The van der Waals surface area contributed by atoms with Crippen LogP contribution in [0.2, 0.25) is 5.02 Å². The van der Waals surface area contributed by atoms with Crippen molar-refractivity contribution in [2.45, 2.75) is 39.5 Å². The van der Waals surface area contributed by atoms with Crippen molar-refractivity contribution in [3.63, 3.8) is 0 Å². The van der Waals surface area contributed by atoms with Gasteiger partial charge >= 0.3 is 5.97 Å². The number of halogens is 1. The molecule has 0 fully saturated rings. The van der Waals surface area contributed by atoms with E-state index in [0.29, 0.717) is 29.2 Å². The van der Waals surface area contributed by atoms with E-state index < -0.39 is 18.9 Å². The molecule has 0 bridgehead atoms. The van der Waals surface area contributed by atoms with Crippen molar-refractivity contribution >= 4 is 46.3 Å². The third kappa shape index (κ3) is 5.95. The maximum absolute atomic E-state index is 14.1. The third-order valence-corrected chi connectivity index (χ3v) is 12.1. The lowest BCUT2D eigenvalue weighted by molar-refractivity contribution is -0.139. The van der Waals surface area contributed by atoms with Gasteiger partial charge in [0.05, 0.1) is 19.6 Å². The highest BCUT2D eigenvalue weighted by Crippen LogP contribution is 2.53. The molecule has 0 saturated heterocycles. The molecule has 228 valence electrons. The van der Waals surface area contributed by atoms with Gasteiger partial charge in [0, 0.05) is 39.4 Å². The molecular weight excluding hydrogens is 601 g/mol. The maximum atomic E-state index is 14.1. The number of ketones is 1. The predicted octanol–water partition coefficient (Wildman–Crippen LogP) is 8.05. The molecule has 6 rings (SSSR count). The number of nitrogens with zero attached hydrogens (tertiary/aromatic N) is 1. The Bertz CT molecular complexity index is 1740. The average molecular weight is 636 g/mol. The van der Waals surface area contributed by atoms with E-state index in [0.717, 1.165) is 21.5 Å². The molecule has 45 heavy (non-hydrogen) atoms. The van der Waals surface area contributed by atoms with Crippen molar-refractivity contribution in [3.05, 3.63) is 149 Å². The molecule has 1 heterocycles. The maximum Gasteiger partial charge on any atom is 0.340 e. The summed E-state index contributed by atoms with van der Waals surface area (Å²) in [6, 6.07) is 37.8. The van der Waals surface area contributed by atoms with Crippen LogP contribution in [0.25, 0.3) is 0 Å². The third-order valence-electron chi connectivity index (χ3n) is 8.24. The molecule has 0 amide bonds. The first-order valence-electron chi connectivity index (χ1n) is 15.1. The summed E-state index contributed by atoms with van der Waals surface area (Å²) in [6.07, 6.45) is 0.873. The average Bonchev–Trinajstić information content (AvgIpc) is 3.04. The number of allylic oxidation sites excluding steroid dienone is 2. The Morgan fingerprint density at radius 3 is 1.84 bits per heavy atom. The Labute approximate surface area is 269 Å². The van der Waals surface area contributed by atoms with Gasteiger partial charge in [-0.1, -0.05) is 129 Å². The summed E-state index contributed by atoms with van der Waals surface area (Å²) in [7, 11) is -2.83. The van der Waals surface area contributed by atoms with Gasteiger partial charge in [-0.05, 0) is 30.0 Å². The second-order valence-electron chi connectivity index (χ2n) is 12.0. The normalized spacial score (nSPS) is 17.8. The standard InChI is InChI=1S/C38H35ClNO4P/c1-4-43-37(42)35-33(26-20-22-27(39)23-21-26)34-31(41)24-38(2,3)25-32(34)44-36(35)40-45(28-14-8-5-9-15-28,29-16-10-6-11-17-29)30-18-12-7-13-19-30/h5-23,33H,4,24-25H2,1-3H3. The molecular formula is C38H35ClNO4P. The van der Waals surface area contributed by atoms with Crippen LogP contribution in [0.15, 0.2) is 143 Å². The van der Waals surface area contributed by atoms with Crippen LogP contribution in [-0.4, -0.2) is 18.4 Å². The van der Waals surface area contributed by atoms with E-state index in [-0.39, 0.29) is 29.3 Å². The van der Waals surface area contributed by atoms with Crippen molar-refractivity contribution in [2.24, 2.45) is 10.2 Å². The molecule has 1 aliphatic heterocycles. The number of hydrogen-bond donors (Lipinski definition) is 0. The Morgan fingerprint density at radius 1 is 0.844 bits per heavy atom. The summed E-state index contributed by atoms with van der Waals surface area (Å²) in [5.41, 5.74) is 1.14. The number of Topliss-reactive ketones (excluding diaryl/α,β-unsaturated/α-hetero) is 1. The summed E-state index contributed by atoms with van der Waals surface area (Å²) in [5.74, 6) is -0.598. The molecule has 0 radical (unpaired) electrons. The van der Waals surface area contributed by atoms with Gasteiger partial charge in [0.2, 0.25) is 5.88 Å². The summed E-state index contributed by atoms with van der Waals surface area (Å²) in [6.45, 7) is 6.05. The fourth-order valence-corrected chi connectivity index (χ4v) is 9.89. The smallest absolute Gasteiger partial charge is 0.340 e. The van der Waals surface area contributed by atoms with Crippen molar-refractivity contribution in [1.29, 1.82) is 0 Å². The zero-order valence-corrected chi connectivity index (χ0v) is 27.2. The lowest BCUT2D eigenvalue weighted by Gasteiger charge is -2.38. The molecule has 1 aliphatic carbocycles. The second kappa shape index (κ2) is 12.7. The Morgan fingerprint density at radius 2 is 1.36 bits per heavy atom. The number of ether oxygens (including phenoxy) is 2. The van der Waals surface area contributed by atoms with Crippen molar-refractivity contribution in [3.8, 4) is 0 Å². The van der Waals surface area contributed by atoms with E-state index in [2.05, 4.69) is 50.2 Å². The van der Waals surface area contributed by atoms with Crippen LogP contribution in [-0.2, 0) is 19.1 Å². The molecule has 5 nitrogen and oxygen atoms in total. The van der Waals surface area contributed by atoms with Crippen LogP contribution in [0.1, 0.15) is 45.1 Å². The van der Waals surface area contributed by atoms with Gasteiger partial charge in [-0.15, -0.1) is 0 Å². The number of rotatable bonds is 7. The van der Waals surface area contributed by atoms with Gasteiger partial charge in [-0.2, -0.15) is 0 Å². The number of hydrogen-bond acceptors (Lipinski definition) is 5. The monoisotopic (exact) mass is 635 g/mol. The molecule has 0 spiro atoms. The molecule has 2 aliphatic rings. The summed E-state index contributed by atoms with van der Waals surface area (Å²) in [4.78, 5) is 28.0. The Kier molecular flexibility index (Phi) is 8.68. The van der Waals surface area contributed by atoms with Gasteiger partial charge in [0.25, 0.3) is 0 Å². The van der Waals surface area contributed by atoms with Gasteiger partial charge < -0.3 is 9.47 Å². The first-order chi connectivity index (χ1) is 21.7. The fourth-order valence-electron chi connectivity index (χ4n) is 6.29. The lowest BCUT2D eigenvalue weighted by Crippen LogP contribution is -2.34.